The first-order chi connectivity index (χ1) is 8.61. The van der Waals surface area contributed by atoms with Crippen molar-refractivity contribution in [2.45, 2.75) is 32.7 Å². The zero-order chi connectivity index (χ0) is 13.4. The van der Waals surface area contributed by atoms with Crippen LogP contribution in [0.15, 0.2) is 18.2 Å². The Hall–Kier alpha value is -1.10. The molecule has 2 N–H and O–H groups in total. The Balaban J connectivity index is 2.47. The van der Waals surface area contributed by atoms with Gasteiger partial charge >= 0.3 is 0 Å². The highest BCUT2D eigenvalue weighted by Crippen LogP contribution is 2.11. The number of anilines is 2. The lowest BCUT2D eigenvalue weighted by Gasteiger charge is -2.14. The fourth-order valence-electron chi connectivity index (χ4n) is 1.53. The van der Waals surface area contributed by atoms with E-state index in [0.29, 0.717) is 0 Å². The summed E-state index contributed by atoms with van der Waals surface area (Å²) in [5.74, 6) is 2.49. The molecular weight excluding hydrogens is 246 g/mol. The van der Waals surface area contributed by atoms with Gasteiger partial charge in [0.25, 0.3) is 0 Å². The highest BCUT2D eigenvalue weighted by Gasteiger charge is 2.04. The van der Waals surface area contributed by atoms with Crippen molar-refractivity contribution in [2.24, 2.45) is 0 Å². The molecular formula is C13H23N3OS. The van der Waals surface area contributed by atoms with Gasteiger partial charge in [0.2, 0.25) is 0 Å². The van der Waals surface area contributed by atoms with Gasteiger partial charge in [0.05, 0.1) is 0 Å². The molecule has 0 aliphatic carbocycles. The Kier molecular flexibility index (Phi) is 6.72. The zero-order valence-electron chi connectivity index (χ0n) is 11.4. The van der Waals surface area contributed by atoms with E-state index in [-0.39, 0.29) is 6.04 Å². The predicted octanol–water partition coefficient (Wildman–Crippen LogP) is 2.47. The van der Waals surface area contributed by atoms with Gasteiger partial charge in [-0.25, -0.2) is 4.98 Å². The smallest absolute Gasteiger partial charge is 0.128 e. The lowest BCUT2D eigenvalue weighted by molar-refractivity contribution is 0.678. The predicted molar refractivity (Wildman–Crippen MR) is 79.7 cm³/mol. The molecule has 0 amide bonds. The third kappa shape index (κ3) is 6.00. The Morgan fingerprint density at radius 2 is 2.11 bits per heavy atom. The van der Waals surface area contributed by atoms with E-state index in [0.717, 1.165) is 36.8 Å². The van der Waals surface area contributed by atoms with Crippen LogP contribution >= 0.6 is 0 Å². The number of hydrogen-bond donors (Lipinski definition) is 2. The summed E-state index contributed by atoms with van der Waals surface area (Å²) in [7, 11) is -0.726. The van der Waals surface area contributed by atoms with Crippen LogP contribution in [0.1, 0.15) is 26.7 Å². The summed E-state index contributed by atoms with van der Waals surface area (Å²) in [6.45, 7) is 5.14. The number of hydrogen-bond acceptors (Lipinski definition) is 4. The van der Waals surface area contributed by atoms with Crippen molar-refractivity contribution >= 4 is 22.4 Å². The fraction of sp³-hybridized carbons (Fsp3) is 0.615. The Morgan fingerprint density at radius 1 is 1.39 bits per heavy atom. The van der Waals surface area contributed by atoms with Gasteiger partial charge in [0, 0.05) is 35.4 Å². The van der Waals surface area contributed by atoms with Crippen molar-refractivity contribution in [3.63, 3.8) is 0 Å². The molecule has 1 aromatic heterocycles. The number of pyridine rings is 1. The molecule has 0 spiro atoms. The van der Waals surface area contributed by atoms with E-state index in [2.05, 4.69) is 29.5 Å². The number of rotatable bonds is 8. The van der Waals surface area contributed by atoms with Crippen molar-refractivity contribution < 1.29 is 4.21 Å². The summed E-state index contributed by atoms with van der Waals surface area (Å²) in [5, 5.41) is 6.59. The molecule has 1 aromatic rings. The third-order valence-electron chi connectivity index (χ3n) is 2.54. The minimum atomic E-state index is -0.726. The molecule has 1 heterocycles. The average Bonchev–Trinajstić information content (AvgIpc) is 2.34. The van der Waals surface area contributed by atoms with Crippen LogP contribution in [-0.4, -0.2) is 33.8 Å². The van der Waals surface area contributed by atoms with Crippen LogP contribution in [0.2, 0.25) is 0 Å². The molecule has 0 saturated carbocycles. The van der Waals surface area contributed by atoms with Crippen molar-refractivity contribution in [3.05, 3.63) is 18.2 Å². The van der Waals surface area contributed by atoms with Crippen LogP contribution in [0.25, 0.3) is 0 Å². The molecule has 0 fully saturated rings. The van der Waals surface area contributed by atoms with Gasteiger partial charge in [0.1, 0.15) is 11.6 Å². The lowest BCUT2D eigenvalue weighted by atomic mass is 10.2. The molecule has 4 nitrogen and oxygen atoms in total. The molecule has 0 aliphatic rings. The molecule has 0 saturated heterocycles. The summed E-state index contributed by atoms with van der Waals surface area (Å²) in [6, 6.07) is 6.18. The molecule has 18 heavy (non-hydrogen) atoms. The fourth-order valence-corrected chi connectivity index (χ4v) is 2.22. The quantitative estimate of drug-likeness (QED) is 0.761. The third-order valence-corrected chi connectivity index (χ3v) is 3.35. The average molecular weight is 269 g/mol. The molecule has 0 radical (unpaired) electrons. The Bertz CT molecular complexity index is 384. The summed E-state index contributed by atoms with van der Waals surface area (Å²) in [5.41, 5.74) is 0. The van der Waals surface area contributed by atoms with Gasteiger partial charge in [-0.05, 0) is 31.9 Å². The molecule has 2 unspecified atom stereocenters. The second-order valence-electron chi connectivity index (χ2n) is 4.45. The van der Waals surface area contributed by atoms with Crippen LogP contribution in [-0.2, 0) is 10.8 Å². The van der Waals surface area contributed by atoms with Gasteiger partial charge in [0.15, 0.2) is 0 Å². The van der Waals surface area contributed by atoms with E-state index in [4.69, 9.17) is 0 Å². The van der Waals surface area contributed by atoms with Gasteiger partial charge in [-0.1, -0.05) is 13.0 Å². The van der Waals surface area contributed by atoms with Gasteiger partial charge in [-0.3, -0.25) is 4.21 Å². The minimum Gasteiger partial charge on any atom is -0.370 e. The highest BCUT2D eigenvalue weighted by atomic mass is 32.2. The standard InChI is InChI=1S/C13H23N3OS/c1-4-9-14-12-6-5-7-13(16-12)15-11(2)8-10-18(3)17/h5-7,11H,4,8-10H2,1-3H3,(H2,14,15,16). The van der Waals surface area contributed by atoms with Crippen LogP contribution in [0.4, 0.5) is 11.6 Å². The maximum atomic E-state index is 11.0. The van der Waals surface area contributed by atoms with Crippen LogP contribution in [0.3, 0.4) is 0 Å². The van der Waals surface area contributed by atoms with E-state index in [9.17, 15) is 4.21 Å². The number of nitrogens with zero attached hydrogens (tertiary/aromatic N) is 1. The van der Waals surface area contributed by atoms with Crippen LogP contribution in [0, 0.1) is 0 Å². The van der Waals surface area contributed by atoms with Crippen LogP contribution in [0.5, 0.6) is 0 Å². The molecule has 1 rings (SSSR count). The normalized spacial score (nSPS) is 13.9. The molecule has 0 bridgehead atoms. The van der Waals surface area contributed by atoms with Crippen LogP contribution < -0.4 is 10.6 Å². The highest BCUT2D eigenvalue weighted by molar-refractivity contribution is 7.84. The summed E-state index contributed by atoms with van der Waals surface area (Å²) in [4.78, 5) is 4.48. The van der Waals surface area contributed by atoms with Crippen molar-refractivity contribution in [2.75, 3.05) is 29.2 Å². The SMILES string of the molecule is CCCNc1cccc(NC(C)CCS(C)=O)n1. The maximum Gasteiger partial charge on any atom is 0.128 e. The zero-order valence-corrected chi connectivity index (χ0v) is 12.2. The van der Waals surface area contributed by atoms with E-state index in [1.165, 1.54) is 0 Å². The van der Waals surface area contributed by atoms with Crippen molar-refractivity contribution in [3.8, 4) is 0 Å². The van der Waals surface area contributed by atoms with E-state index in [1.54, 1.807) is 6.26 Å². The van der Waals surface area contributed by atoms with E-state index in [1.807, 2.05) is 18.2 Å². The first-order valence-corrected chi connectivity index (χ1v) is 8.12. The molecule has 102 valence electrons. The summed E-state index contributed by atoms with van der Waals surface area (Å²) < 4.78 is 11.0. The van der Waals surface area contributed by atoms with Crippen molar-refractivity contribution in [1.29, 1.82) is 0 Å². The monoisotopic (exact) mass is 269 g/mol. The van der Waals surface area contributed by atoms with Gasteiger partial charge < -0.3 is 10.6 Å². The lowest BCUT2D eigenvalue weighted by Crippen LogP contribution is -2.18. The number of aromatic nitrogens is 1. The summed E-state index contributed by atoms with van der Waals surface area (Å²) in [6.07, 6.45) is 3.70. The summed E-state index contributed by atoms with van der Waals surface area (Å²) >= 11 is 0. The first kappa shape index (κ1) is 15.0. The maximum absolute atomic E-state index is 11.0. The number of nitrogens with one attached hydrogen (secondary N) is 2. The first-order valence-electron chi connectivity index (χ1n) is 6.39. The topological polar surface area (TPSA) is 54.0 Å². The minimum absolute atomic E-state index is 0.280. The van der Waals surface area contributed by atoms with E-state index < -0.39 is 10.8 Å². The second kappa shape index (κ2) is 8.08. The van der Waals surface area contributed by atoms with Crippen molar-refractivity contribution in [1.82, 2.24) is 4.98 Å². The Labute approximate surface area is 112 Å². The molecule has 2 atom stereocenters. The molecule has 0 aromatic carbocycles. The second-order valence-corrected chi connectivity index (χ2v) is 6.00. The molecule has 0 aliphatic heterocycles. The molecule has 5 heteroatoms. The largest absolute Gasteiger partial charge is 0.370 e. The Morgan fingerprint density at radius 3 is 2.78 bits per heavy atom. The van der Waals surface area contributed by atoms with Gasteiger partial charge in [-0.15, -0.1) is 0 Å². The van der Waals surface area contributed by atoms with Gasteiger partial charge in [-0.2, -0.15) is 0 Å². The van der Waals surface area contributed by atoms with E-state index >= 15 is 0 Å².